The molecule has 0 aliphatic heterocycles. The van der Waals surface area contributed by atoms with E-state index >= 15 is 0 Å². The van der Waals surface area contributed by atoms with E-state index in [1.165, 1.54) is 16.7 Å². The van der Waals surface area contributed by atoms with Crippen LogP contribution < -0.4 is 0 Å². The third-order valence-electron chi connectivity index (χ3n) is 4.04. The lowest BCUT2D eigenvalue weighted by atomic mass is 9.94. The molecule has 0 fully saturated rings. The Kier molecular flexibility index (Phi) is 3.20. The lowest BCUT2D eigenvalue weighted by Crippen LogP contribution is -2.15. The van der Waals surface area contributed by atoms with Crippen molar-refractivity contribution < 1.29 is 4.79 Å². The maximum Gasteiger partial charge on any atom is 0.166 e. The fraction of sp³-hybridized carbons (Fsp3) is 0.278. The maximum atomic E-state index is 12.6. The van der Waals surface area contributed by atoms with Crippen molar-refractivity contribution in [1.29, 1.82) is 0 Å². The summed E-state index contributed by atoms with van der Waals surface area (Å²) < 4.78 is 0. The first-order chi connectivity index (χ1) is 9.28. The lowest BCUT2D eigenvalue weighted by Gasteiger charge is -2.09. The van der Waals surface area contributed by atoms with Gasteiger partial charge in [0.15, 0.2) is 5.78 Å². The molecule has 0 aromatic heterocycles. The number of carbonyl (C=O) groups is 1. The summed E-state index contributed by atoms with van der Waals surface area (Å²) in [5.74, 6) is 0.427. The van der Waals surface area contributed by atoms with Crippen molar-refractivity contribution in [2.75, 3.05) is 0 Å². The number of aryl methyl sites for hydroxylation is 1. The van der Waals surface area contributed by atoms with Gasteiger partial charge in [-0.2, -0.15) is 0 Å². The third-order valence-corrected chi connectivity index (χ3v) is 4.04. The fourth-order valence-corrected chi connectivity index (χ4v) is 2.92. The van der Waals surface area contributed by atoms with Crippen LogP contribution in [0.15, 0.2) is 48.5 Å². The van der Waals surface area contributed by atoms with Crippen molar-refractivity contribution in [3.05, 3.63) is 70.8 Å². The van der Waals surface area contributed by atoms with Crippen molar-refractivity contribution in [2.45, 2.75) is 26.2 Å². The fourth-order valence-electron chi connectivity index (χ4n) is 2.92. The number of Topliss-reactive ketones (excluding diaryl/α,β-unsaturated/α-hetero) is 1. The highest BCUT2D eigenvalue weighted by Crippen LogP contribution is 2.29. The van der Waals surface area contributed by atoms with Crippen molar-refractivity contribution in [3.8, 4) is 0 Å². The highest BCUT2D eigenvalue weighted by molar-refractivity contribution is 5.98. The van der Waals surface area contributed by atoms with E-state index in [1.54, 1.807) is 0 Å². The third kappa shape index (κ3) is 2.33. The number of carbonyl (C=O) groups excluding carboxylic acids is 1. The first-order valence-electron chi connectivity index (χ1n) is 6.98. The monoisotopic (exact) mass is 250 g/mol. The summed E-state index contributed by atoms with van der Waals surface area (Å²) in [5, 5.41) is 0. The number of hydrogen-bond donors (Lipinski definition) is 0. The number of ketones is 1. The van der Waals surface area contributed by atoms with Crippen LogP contribution in [-0.2, 0) is 19.3 Å². The molecule has 0 bridgehead atoms. The van der Waals surface area contributed by atoms with Gasteiger partial charge >= 0.3 is 0 Å². The van der Waals surface area contributed by atoms with Gasteiger partial charge in [0.2, 0.25) is 0 Å². The predicted molar refractivity (Wildman–Crippen MR) is 77.5 cm³/mol. The molecule has 0 amide bonds. The van der Waals surface area contributed by atoms with Crippen LogP contribution in [-0.4, -0.2) is 5.78 Å². The molecule has 2 aromatic rings. The first-order valence-corrected chi connectivity index (χ1v) is 6.98. The van der Waals surface area contributed by atoms with Crippen molar-refractivity contribution in [2.24, 2.45) is 5.92 Å². The van der Waals surface area contributed by atoms with Gasteiger partial charge in [-0.25, -0.2) is 0 Å². The summed E-state index contributed by atoms with van der Waals surface area (Å²) >= 11 is 0. The molecule has 96 valence electrons. The number of hydrogen-bond acceptors (Lipinski definition) is 1. The minimum absolute atomic E-state index is 0.129. The molecule has 1 aliphatic carbocycles. The van der Waals surface area contributed by atoms with Crippen LogP contribution in [0.25, 0.3) is 0 Å². The van der Waals surface area contributed by atoms with Gasteiger partial charge in [-0.3, -0.25) is 4.79 Å². The standard InChI is InChI=1S/C18H18O/c1-2-13-6-5-9-16(10-13)18(19)17-11-14-7-3-4-8-15(14)12-17/h3-10,17H,2,11-12H2,1H3. The Morgan fingerprint density at radius 1 is 1.05 bits per heavy atom. The summed E-state index contributed by atoms with van der Waals surface area (Å²) in [6, 6.07) is 16.5. The summed E-state index contributed by atoms with van der Waals surface area (Å²) in [4.78, 5) is 12.6. The second-order valence-electron chi connectivity index (χ2n) is 5.29. The first kappa shape index (κ1) is 12.2. The SMILES string of the molecule is CCc1cccc(C(=O)C2Cc3ccccc3C2)c1. The molecule has 0 N–H and O–H groups in total. The molecule has 2 aromatic carbocycles. The van der Waals surface area contributed by atoms with E-state index in [0.29, 0.717) is 5.78 Å². The van der Waals surface area contributed by atoms with Crippen molar-refractivity contribution >= 4 is 5.78 Å². The van der Waals surface area contributed by atoms with Gasteiger partial charge in [-0.15, -0.1) is 0 Å². The van der Waals surface area contributed by atoms with E-state index in [-0.39, 0.29) is 5.92 Å². The van der Waals surface area contributed by atoms with Gasteiger partial charge in [0.05, 0.1) is 0 Å². The maximum absolute atomic E-state index is 12.6. The Labute approximate surface area is 114 Å². The zero-order valence-corrected chi connectivity index (χ0v) is 11.2. The Morgan fingerprint density at radius 3 is 2.37 bits per heavy atom. The molecule has 19 heavy (non-hydrogen) atoms. The quantitative estimate of drug-likeness (QED) is 0.756. The topological polar surface area (TPSA) is 17.1 Å². The van der Waals surface area contributed by atoms with Crippen LogP contribution in [0.2, 0.25) is 0 Å². The molecule has 0 unspecified atom stereocenters. The van der Waals surface area contributed by atoms with Crippen LogP contribution in [0.3, 0.4) is 0 Å². The molecule has 0 atom stereocenters. The summed E-state index contributed by atoms with van der Waals surface area (Å²) in [5.41, 5.74) is 4.79. The molecule has 3 rings (SSSR count). The van der Waals surface area contributed by atoms with Gasteiger partial charge in [0, 0.05) is 11.5 Å². The van der Waals surface area contributed by atoms with E-state index in [0.717, 1.165) is 24.8 Å². The molecule has 0 saturated carbocycles. The van der Waals surface area contributed by atoms with E-state index < -0.39 is 0 Å². The number of fused-ring (bicyclic) bond motifs is 1. The predicted octanol–water partition coefficient (Wildman–Crippen LogP) is 3.85. The zero-order chi connectivity index (χ0) is 13.2. The molecule has 1 heteroatoms. The van der Waals surface area contributed by atoms with Gasteiger partial charge in [0.25, 0.3) is 0 Å². The highest BCUT2D eigenvalue weighted by atomic mass is 16.1. The van der Waals surface area contributed by atoms with Gasteiger partial charge in [-0.1, -0.05) is 49.4 Å². The van der Waals surface area contributed by atoms with Crippen LogP contribution >= 0.6 is 0 Å². The largest absolute Gasteiger partial charge is 0.294 e. The second-order valence-corrected chi connectivity index (χ2v) is 5.29. The average molecular weight is 250 g/mol. The van der Waals surface area contributed by atoms with E-state index in [2.05, 4.69) is 37.3 Å². The van der Waals surface area contributed by atoms with Crippen LogP contribution in [0, 0.1) is 5.92 Å². The average Bonchev–Trinajstić information content (AvgIpc) is 2.90. The minimum Gasteiger partial charge on any atom is -0.294 e. The molecular weight excluding hydrogens is 232 g/mol. The number of rotatable bonds is 3. The molecule has 0 heterocycles. The highest BCUT2D eigenvalue weighted by Gasteiger charge is 2.27. The Morgan fingerprint density at radius 2 is 1.74 bits per heavy atom. The molecular formula is C18H18O. The molecule has 0 spiro atoms. The minimum atomic E-state index is 0.129. The Hall–Kier alpha value is -1.89. The molecule has 0 radical (unpaired) electrons. The van der Waals surface area contributed by atoms with E-state index in [9.17, 15) is 4.79 Å². The van der Waals surface area contributed by atoms with E-state index in [4.69, 9.17) is 0 Å². The van der Waals surface area contributed by atoms with Gasteiger partial charge < -0.3 is 0 Å². The van der Waals surface area contributed by atoms with Crippen molar-refractivity contribution in [1.82, 2.24) is 0 Å². The normalized spacial score (nSPS) is 14.4. The Balaban J connectivity index is 1.83. The number of benzene rings is 2. The molecule has 1 aliphatic rings. The summed E-state index contributed by atoms with van der Waals surface area (Å²) in [6.45, 7) is 2.12. The van der Waals surface area contributed by atoms with Crippen LogP contribution in [0.1, 0.15) is 34.0 Å². The zero-order valence-electron chi connectivity index (χ0n) is 11.2. The van der Waals surface area contributed by atoms with Crippen molar-refractivity contribution in [3.63, 3.8) is 0 Å². The smallest absolute Gasteiger partial charge is 0.166 e. The Bertz CT molecular complexity index is 588. The van der Waals surface area contributed by atoms with Gasteiger partial charge in [0.1, 0.15) is 0 Å². The second kappa shape index (κ2) is 5.00. The van der Waals surface area contributed by atoms with Crippen LogP contribution in [0.5, 0.6) is 0 Å². The molecule has 0 saturated heterocycles. The molecule has 1 nitrogen and oxygen atoms in total. The summed E-state index contributed by atoms with van der Waals surface area (Å²) in [6.07, 6.45) is 2.77. The van der Waals surface area contributed by atoms with Gasteiger partial charge in [-0.05, 0) is 42.0 Å². The summed E-state index contributed by atoms with van der Waals surface area (Å²) in [7, 11) is 0. The van der Waals surface area contributed by atoms with Crippen LogP contribution in [0.4, 0.5) is 0 Å². The van der Waals surface area contributed by atoms with E-state index in [1.807, 2.05) is 18.2 Å². The lowest BCUT2D eigenvalue weighted by molar-refractivity contribution is 0.0924.